The zero-order valence-electron chi connectivity index (χ0n) is 16.7. The molecule has 0 spiro atoms. The largest absolute Gasteiger partial charge is 0.496 e. The van der Waals surface area contributed by atoms with Gasteiger partial charge in [-0.05, 0) is 64.0 Å². The molecule has 0 amide bonds. The molecule has 3 aromatic carbocycles. The number of methoxy groups -OCH3 is 2. The van der Waals surface area contributed by atoms with Crippen LogP contribution in [0.4, 0.5) is 0 Å². The monoisotopic (exact) mass is 536 g/mol. The van der Waals surface area contributed by atoms with E-state index in [1.807, 2.05) is 60.7 Å². The van der Waals surface area contributed by atoms with Crippen molar-refractivity contribution in [2.75, 3.05) is 14.2 Å². The third-order valence-electron chi connectivity index (χ3n) is 4.32. The number of hydrogen-bond donors (Lipinski definition) is 1. The summed E-state index contributed by atoms with van der Waals surface area (Å²) in [6, 6.07) is 19.3. The van der Waals surface area contributed by atoms with E-state index in [9.17, 15) is 0 Å². The Kier molecular flexibility index (Phi) is 8.21. The van der Waals surface area contributed by atoms with Crippen LogP contribution in [0.15, 0.2) is 65.8 Å². The third kappa shape index (κ3) is 6.03. The van der Waals surface area contributed by atoms with E-state index in [1.54, 1.807) is 20.4 Å². The maximum Gasteiger partial charge on any atom is 0.174 e. The van der Waals surface area contributed by atoms with E-state index in [-0.39, 0.29) is 0 Å². The van der Waals surface area contributed by atoms with E-state index in [1.165, 1.54) is 0 Å². The molecule has 0 bridgehead atoms. The summed E-state index contributed by atoms with van der Waals surface area (Å²) in [5, 5.41) is 5.02. The number of hydrazone groups is 1. The van der Waals surface area contributed by atoms with Crippen LogP contribution < -0.4 is 19.6 Å². The van der Waals surface area contributed by atoms with Crippen LogP contribution in [0.25, 0.3) is 0 Å². The minimum atomic E-state index is 0.428. The summed E-state index contributed by atoms with van der Waals surface area (Å²) in [6.07, 6.45) is 1.75. The molecule has 0 saturated heterocycles. The van der Waals surface area contributed by atoms with E-state index in [4.69, 9.17) is 25.8 Å². The number of para-hydroxylation sites is 1. The molecule has 0 aliphatic heterocycles. The van der Waals surface area contributed by atoms with Crippen LogP contribution in [-0.4, -0.2) is 20.4 Å². The molecule has 0 atom stereocenters. The quantitative estimate of drug-likeness (QED) is 0.218. The van der Waals surface area contributed by atoms with Gasteiger partial charge in [0.2, 0.25) is 0 Å². The molecule has 0 aliphatic carbocycles. The average Bonchev–Trinajstić information content (AvgIpc) is 2.77. The smallest absolute Gasteiger partial charge is 0.174 e. The van der Waals surface area contributed by atoms with Gasteiger partial charge in [0.05, 0.1) is 30.5 Å². The van der Waals surface area contributed by atoms with E-state index < -0.39 is 0 Å². The molecule has 1 N–H and O–H groups in total. The van der Waals surface area contributed by atoms with Crippen molar-refractivity contribution in [1.29, 1.82) is 0 Å². The Morgan fingerprint density at radius 1 is 1.00 bits per heavy atom. The van der Waals surface area contributed by atoms with Crippen LogP contribution in [0.2, 0.25) is 5.02 Å². The van der Waals surface area contributed by atoms with Gasteiger partial charge < -0.3 is 19.6 Å². The fraction of sp³-hybridized carbons (Fsp3) is 0.174. The maximum atomic E-state index is 6.00. The zero-order valence-corrected chi connectivity index (χ0v) is 19.6. The molecule has 0 saturated carbocycles. The van der Waals surface area contributed by atoms with E-state index in [0.29, 0.717) is 29.7 Å². The van der Waals surface area contributed by atoms with Gasteiger partial charge in [-0.2, -0.15) is 5.10 Å². The first-order chi connectivity index (χ1) is 14.6. The van der Waals surface area contributed by atoms with Crippen LogP contribution >= 0.6 is 34.2 Å². The van der Waals surface area contributed by atoms with E-state index in [0.717, 1.165) is 26.0 Å². The van der Waals surface area contributed by atoms with Crippen molar-refractivity contribution in [3.05, 3.63) is 85.9 Å². The Morgan fingerprint density at radius 2 is 1.73 bits per heavy atom. The Bertz CT molecular complexity index is 1010. The standard InChI is InChI=1S/C23H22ClIN2O3/c1-28-21-6-4-3-5-18(21)14-27-26-13-17-11-20(25)23(22(12-17)29-2)30-15-16-7-9-19(24)10-8-16/h3-13,27H,14-15H2,1-2H3/b26-13+. The highest BCUT2D eigenvalue weighted by Gasteiger charge is 2.11. The van der Waals surface area contributed by atoms with Crippen molar-refractivity contribution < 1.29 is 14.2 Å². The molecule has 3 rings (SSSR count). The van der Waals surface area contributed by atoms with Gasteiger partial charge in [-0.25, -0.2) is 0 Å². The van der Waals surface area contributed by atoms with Crippen molar-refractivity contribution >= 4 is 40.4 Å². The molecule has 30 heavy (non-hydrogen) atoms. The van der Waals surface area contributed by atoms with Gasteiger partial charge in [0.1, 0.15) is 12.4 Å². The minimum absolute atomic E-state index is 0.428. The number of nitrogens with one attached hydrogen (secondary N) is 1. The summed E-state index contributed by atoms with van der Waals surface area (Å²) in [5.74, 6) is 2.19. The Morgan fingerprint density at radius 3 is 2.47 bits per heavy atom. The maximum absolute atomic E-state index is 6.00. The van der Waals surface area contributed by atoms with Crippen molar-refractivity contribution in [3.63, 3.8) is 0 Å². The van der Waals surface area contributed by atoms with Crippen LogP contribution in [0, 0.1) is 3.57 Å². The molecule has 0 fully saturated rings. The molecule has 156 valence electrons. The summed E-state index contributed by atoms with van der Waals surface area (Å²) in [5.41, 5.74) is 6.03. The predicted octanol–water partition coefficient (Wildman–Crippen LogP) is 5.66. The lowest BCUT2D eigenvalue weighted by Crippen LogP contribution is -2.07. The fourth-order valence-corrected chi connectivity index (χ4v) is 3.70. The third-order valence-corrected chi connectivity index (χ3v) is 5.37. The van der Waals surface area contributed by atoms with Gasteiger partial charge in [-0.1, -0.05) is 41.9 Å². The van der Waals surface area contributed by atoms with Crippen molar-refractivity contribution in [1.82, 2.24) is 5.43 Å². The zero-order chi connectivity index (χ0) is 21.3. The molecular formula is C23H22ClIN2O3. The van der Waals surface area contributed by atoms with E-state index in [2.05, 4.69) is 33.1 Å². The summed E-state index contributed by atoms with van der Waals surface area (Å²) < 4.78 is 17.8. The molecule has 5 nitrogen and oxygen atoms in total. The highest BCUT2D eigenvalue weighted by molar-refractivity contribution is 14.1. The first-order valence-corrected chi connectivity index (χ1v) is 10.7. The lowest BCUT2D eigenvalue weighted by molar-refractivity contribution is 0.282. The second-order valence-corrected chi connectivity index (χ2v) is 7.95. The first-order valence-electron chi connectivity index (χ1n) is 9.23. The molecule has 0 aromatic heterocycles. The van der Waals surface area contributed by atoms with Crippen molar-refractivity contribution in [2.45, 2.75) is 13.2 Å². The second-order valence-electron chi connectivity index (χ2n) is 6.35. The number of rotatable bonds is 9. The molecule has 0 radical (unpaired) electrons. The van der Waals surface area contributed by atoms with Crippen LogP contribution in [-0.2, 0) is 13.2 Å². The van der Waals surface area contributed by atoms with Gasteiger partial charge >= 0.3 is 0 Å². The summed E-state index contributed by atoms with van der Waals surface area (Å²) in [4.78, 5) is 0. The SMILES string of the molecule is COc1ccccc1CN/N=C/c1cc(I)c(OCc2ccc(Cl)cc2)c(OC)c1. The summed E-state index contributed by atoms with van der Waals surface area (Å²) >= 11 is 8.17. The van der Waals surface area contributed by atoms with Crippen LogP contribution in [0.5, 0.6) is 17.2 Å². The van der Waals surface area contributed by atoms with Gasteiger partial charge in [0.15, 0.2) is 11.5 Å². The molecule has 0 heterocycles. The van der Waals surface area contributed by atoms with Gasteiger partial charge in [-0.15, -0.1) is 0 Å². The second kappa shape index (κ2) is 11.1. The highest BCUT2D eigenvalue weighted by Crippen LogP contribution is 2.34. The molecule has 7 heteroatoms. The van der Waals surface area contributed by atoms with Gasteiger partial charge in [0, 0.05) is 10.6 Å². The van der Waals surface area contributed by atoms with Crippen molar-refractivity contribution in [3.8, 4) is 17.2 Å². The molecule has 0 aliphatic rings. The number of ether oxygens (including phenoxy) is 3. The van der Waals surface area contributed by atoms with Crippen molar-refractivity contribution in [2.24, 2.45) is 5.10 Å². The molecular weight excluding hydrogens is 515 g/mol. The fourth-order valence-electron chi connectivity index (χ4n) is 2.79. The van der Waals surface area contributed by atoms with Gasteiger partial charge in [-0.3, -0.25) is 0 Å². The Hall–Kier alpha value is -2.45. The topological polar surface area (TPSA) is 52.1 Å². The normalized spacial score (nSPS) is 10.8. The number of benzene rings is 3. The highest BCUT2D eigenvalue weighted by atomic mass is 127. The lowest BCUT2D eigenvalue weighted by Gasteiger charge is -2.13. The summed E-state index contributed by atoms with van der Waals surface area (Å²) in [7, 11) is 3.29. The Labute approximate surface area is 195 Å². The van der Waals surface area contributed by atoms with Crippen LogP contribution in [0.3, 0.4) is 0 Å². The number of nitrogens with zero attached hydrogens (tertiary/aromatic N) is 1. The van der Waals surface area contributed by atoms with Crippen LogP contribution in [0.1, 0.15) is 16.7 Å². The van der Waals surface area contributed by atoms with Gasteiger partial charge in [0.25, 0.3) is 0 Å². The number of halogens is 2. The molecule has 3 aromatic rings. The minimum Gasteiger partial charge on any atom is -0.496 e. The molecule has 0 unspecified atom stereocenters. The predicted molar refractivity (Wildman–Crippen MR) is 129 cm³/mol. The average molecular weight is 537 g/mol. The first kappa shape index (κ1) is 22.2. The number of hydrogen-bond acceptors (Lipinski definition) is 5. The van der Waals surface area contributed by atoms with E-state index >= 15 is 0 Å². The summed E-state index contributed by atoms with van der Waals surface area (Å²) in [6.45, 7) is 0.995. The Balaban J connectivity index is 1.65. The lowest BCUT2D eigenvalue weighted by atomic mass is 10.2.